The molecule has 2 heterocycles. The number of carbonyl (C=O) groups excluding carboxylic acids is 2. The summed E-state index contributed by atoms with van der Waals surface area (Å²) in [5, 5.41) is 2.50. The highest BCUT2D eigenvalue weighted by Gasteiger charge is 2.22. The van der Waals surface area contributed by atoms with Gasteiger partial charge in [-0.05, 0) is 31.2 Å². The number of benzene rings is 1. The number of anilines is 2. The zero-order valence-corrected chi connectivity index (χ0v) is 15.3. The lowest BCUT2D eigenvalue weighted by Gasteiger charge is -2.34. The summed E-state index contributed by atoms with van der Waals surface area (Å²) in [6.07, 6.45) is 1.10. The van der Waals surface area contributed by atoms with Crippen molar-refractivity contribution in [1.29, 1.82) is 0 Å². The zero-order valence-electron chi connectivity index (χ0n) is 15.3. The molecular weight excluding hydrogens is 370 g/mol. The third-order valence-electron chi connectivity index (χ3n) is 4.32. The number of nitrogens with one attached hydrogen (secondary N) is 1. The number of pyridine rings is 1. The number of hydrogen-bond donors (Lipinski definition) is 1. The largest absolute Gasteiger partial charge is 0.450 e. The van der Waals surface area contributed by atoms with Gasteiger partial charge in [-0.2, -0.15) is 0 Å². The second-order valence-electron chi connectivity index (χ2n) is 6.16. The van der Waals surface area contributed by atoms with Crippen molar-refractivity contribution in [2.45, 2.75) is 6.92 Å². The molecule has 9 heteroatoms. The molecule has 0 spiro atoms. The first-order valence-electron chi connectivity index (χ1n) is 8.87. The van der Waals surface area contributed by atoms with Gasteiger partial charge in [0.05, 0.1) is 12.2 Å². The average Bonchev–Trinajstić information content (AvgIpc) is 2.71. The number of piperazine rings is 1. The molecule has 1 aromatic heterocycles. The molecule has 1 N–H and O–H groups in total. The van der Waals surface area contributed by atoms with Gasteiger partial charge in [0.1, 0.15) is 5.82 Å². The molecular formula is C19H20F2N4O3. The van der Waals surface area contributed by atoms with E-state index in [1.807, 2.05) is 4.90 Å². The van der Waals surface area contributed by atoms with E-state index in [2.05, 4.69) is 10.3 Å². The van der Waals surface area contributed by atoms with Crippen LogP contribution in [0.1, 0.15) is 17.3 Å². The summed E-state index contributed by atoms with van der Waals surface area (Å²) in [6, 6.07) is 6.46. The molecule has 1 aromatic carbocycles. The first-order chi connectivity index (χ1) is 13.5. The van der Waals surface area contributed by atoms with E-state index in [0.717, 1.165) is 12.1 Å². The van der Waals surface area contributed by atoms with Crippen LogP contribution in [0.4, 0.5) is 25.1 Å². The summed E-state index contributed by atoms with van der Waals surface area (Å²) in [7, 11) is 0. The summed E-state index contributed by atoms with van der Waals surface area (Å²) >= 11 is 0. The van der Waals surface area contributed by atoms with E-state index in [0.29, 0.717) is 44.2 Å². The van der Waals surface area contributed by atoms with Crippen molar-refractivity contribution in [1.82, 2.24) is 9.88 Å². The van der Waals surface area contributed by atoms with Crippen LogP contribution in [-0.2, 0) is 4.74 Å². The number of nitrogens with zero attached hydrogens (tertiary/aromatic N) is 3. The first kappa shape index (κ1) is 19.5. The van der Waals surface area contributed by atoms with Gasteiger partial charge in [0.2, 0.25) is 0 Å². The molecule has 2 amide bonds. The quantitative estimate of drug-likeness (QED) is 0.869. The Morgan fingerprint density at radius 1 is 1.11 bits per heavy atom. The summed E-state index contributed by atoms with van der Waals surface area (Å²) in [6.45, 7) is 4.37. The molecule has 0 radical (unpaired) electrons. The minimum atomic E-state index is -1.03. The fraction of sp³-hybridized carbons (Fsp3) is 0.316. The third kappa shape index (κ3) is 4.54. The molecule has 7 nitrogen and oxygen atoms in total. The Hall–Kier alpha value is -3.23. The van der Waals surface area contributed by atoms with Gasteiger partial charge < -0.3 is 19.9 Å². The van der Waals surface area contributed by atoms with E-state index in [-0.39, 0.29) is 11.8 Å². The zero-order chi connectivity index (χ0) is 20.1. The number of carbonyl (C=O) groups is 2. The van der Waals surface area contributed by atoms with Gasteiger partial charge in [0, 0.05) is 44.1 Å². The van der Waals surface area contributed by atoms with E-state index < -0.39 is 17.5 Å². The maximum absolute atomic E-state index is 13.2. The molecule has 0 aliphatic carbocycles. The van der Waals surface area contributed by atoms with Crippen LogP contribution in [0.3, 0.4) is 0 Å². The monoisotopic (exact) mass is 390 g/mol. The summed E-state index contributed by atoms with van der Waals surface area (Å²) < 4.78 is 31.2. The van der Waals surface area contributed by atoms with Crippen molar-refractivity contribution in [3.05, 3.63) is 53.7 Å². The molecule has 1 aliphatic rings. The molecule has 1 fully saturated rings. The number of aromatic nitrogens is 1. The number of hydrogen-bond acceptors (Lipinski definition) is 5. The van der Waals surface area contributed by atoms with E-state index in [1.54, 1.807) is 24.0 Å². The predicted octanol–water partition coefficient (Wildman–Crippen LogP) is 2.89. The van der Waals surface area contributed by atoms with Gasteiger partial charge in [0.15, 0.2) is 11.6 Å². The van der Waals surface area contributed by atoms with Gasteiger partial charge in [-0.25, -0.2) is 18.6 Å². The van der Waals surface area contributed by atoms with Crippen LogP contribution in [-0.4, -0.2) is 54.7 Å². The van der Waals surface area contributed by atoms with Crippen LogP contribution in [0.25, 0.3) is 0 Å². The Morgan fingerprint density at radius 2 is 1.86 bits per heavy atom. The molecule has 3 rings (SSSR count). The van der Waals surface area contributed by atoms with Crippen molar-refractivity contribution in [3.63, 3.8) is 0 Å². The second-order valence-corrected chi connectivity index (χ2v) is 6.16. The Morgan fingerprint density at radius 3 is 2.46 bits per heavy atom. The van der Waals surface area contributed by atoms with Crippen molar-refractivity contribution in [2.75, 3.05) is 43.0 Å². The highest BCUT2D eigenvalue weighted by Crippen LogP contribution is 2.17. The van der Waals surface area contributed by atoms with E-state index in [9.17, 15) is 18.4 Å². The lowest BCUT2D eigenvalue weighted by Crippen LogP contribution is -2.49. The maximum atomic E-state index is 13.2. The summed E-state index contributed by atoms with van der Waals surface area (Å²) in [5.41, 5.74) is 0.446. The van der Waals surface area contributed by atoms with Crippen LogP contribution in [0.15, 0.2) is 36.5 Å². The Kier molecular flexibility index (Phi) is 6.03. The van der Waals surface area contributed by atoms with Crippen molar-refractivity contribution in [2.24, 2.45) is 0 Å². The van der Waals surface area contributed by atoms with Gasteiger partial charge in [-0.3, -0.25) is 4.79 Å². The molecule has 1 aliphatic heterocycles. The van der Waals surface area contributed by atoms with E-state index in [4.69, 9.17) is 4.74 Å². The summed E-state index contributed by atoms with van der Waals surface area (Å²) in [4.78, 5) is 31.9. The van der Waals surface area contributed by atoms with Crippen LogP contribution < -0.4 is 10.2 Å². The average molecular weight is 390 g/mol. The van der Waals surface area contributed by atoms with Gasteiger partial charge in [-0.1, -0.05) is 0 Å². The molecule has 0 unspecified atom stereocenters. The highest BCUT2D eigenvalue weighted by atomic mass is 19.2. The topological polar surface area (TPSA) is 74.8 Å². The standard InChI is InChI=1S/C19H20F2N4O3/c1-2-28-19(27)25-9-7-24(8-10-25)17-6-3-13(12-22-17)18(26)23-14-4-5-15(20)16(21)11-14/h3-6,11-12H,2,7-10H2,1H3,(H,23,26). The van der Waals surface area contributed by atoms with Crippen LogP contribution in [0.5, 0.6) is 0 Å². The minimum Gasteiger partial charge on any atom is -0.450 e. The molecule has 1 saturated heterocycles. The number of rotatable bonds is 4. The molecule has 2 aromatic rings. The molecule has 148 valence electrons. The van der Waals surface area contributed by atoms with Gasteiger partial charge in [0.25, 0.3) is 5.91 Å². The Labute approximate surface area is 160 Å². The number of amides is 2. The number of ether oxygens (including phenoxy) is 1. The second kappa shape index (κ2) is 8.64. The van der Waals surface area contributed by atoms with E-state index >= 15 is 0 Å². The SMILES string of the molecule is CCOC(=O)N1CCN(c2ccc(C(=O)Nc3ccc(F)c(F)c3)cn2)CC1. The Bertz CT molecular complexity index is 853. The number of halogens is 2. The predicted molar refractivity (Wildman–Crippen MR) is 99.4 cm³/mol. The molecule has 0 bridgehead atoms. The van der Waals surface area contributed by atoms with Gasteiger partial charge >= 0.3 is 6.09 Å². The van der Waals surface area contributed by atoms with Gasteiger partial charge in [-0.15, -0.1) is 0 Å². The fourth-order valence-electron chi connectivity index (χ4n) is 2.82. The van der Waals surface area contributed by atoms with Crippen molar-refractivity contribution >= 4 is 23.5 Å². The fourth-order valence-corrected chi connectivity index (χ4v) is 2.82. The van der Waals surface area contributed by atoms with E-state index in [1.165, 1.54) is 12.3 Å². The first-order valence-corrected chi connectivity index (χ1v) is 8.87. The lowest BCUT2D eigenvalue weighted by molar-refractivity contribution is 0.102. The normalized spacial score (nSPS) is 14.0. The van der Waals surface area contributed by atoms with Crippen LogP contribution in [0, 0.1) is 11.6 Å². The molecule has 28 heavy (non-hydrogen) atoms. The van der Waals surface area contributed by atoms with Crippen molar-refractivity contribution in [3.8, 4) is 0 Å². The van der Waals surface area contributed by atoms with Crippen LogP contribution >= 0.6 is 0 Å². The van der Waals surface area contributed by atoms with Crippen molar-refractivity contribution < 1.29 is 23.1 Å². The maximum Gasteiger partial charge on any atom is 0.409 e. The minimum absolute atomic E-state index is 0.156. The smallest absolute Gasteiger partial charge is 0.409 e. The van der Waals surface area contributed by atoms with Crippen LogP contribution in [0.2, 0.25) is 0 Å². The highest BCUT2D eigenvalue weighted by molar-refractivity contribution is 6.04. The third-order valence-corrected chi connectivity index (χ3v) is 4.32. The molecule has 0 atom stereocenters. The summed E-state index contributed by atoms with van der Waals surface area (Å²) in [5.74, 6) is -1.80. The Balaban J connectivity index is 1.58. The molecule has 0 saturated carbocycles. The lowest BCUT2D eigenvalue weighted by atomic mass is 10.2.